The lowest BCUT2D eigenvalue weighted by molar-refractivity contribution is -0.384. The molecule has 4 aromatic carbocycles. The summed E-state index contributed by atoms with van der Waals surface area (Å²) in [6.07, 6.45) is 0. The zero-order valence-corrected chi connectivity index (χ0v) is 18.8. The van der Waals surface area contributed by atoms with Gasteiger partial charge in [0.1, 0.15) is 5.52 Å². The molecule has 0 aliphatic rings. The van der Waals surface area contributed by atoms with E-state index in [4.69, 9.17) is 9.97 Å². The summed E-state index contributed by atoms with van der Waals surface area (Å²) in [4.78, 5) is 20.7. The number of rotatable bonds is 5. The SMILES string of the molecule is Cc1ccc(-c2nc3cccc(Nc4ccc([N+](=O)[O-])cc4)c3nc2-c2ccc(C)cc2)cc1. The third-order valence-electron chi connectivity index (χ3n) is 5.70. The minimum absolute atomic E-state index is 0.0488. The molecule has 1 heterocycles. The number of non-ortho nitro benzene ring substituents is 1. The van der Waals surface area contributed by atoms with Gasteiger partial charge < -0.3 is 5.32 Å². The van der Waals surface area contributed by atoms with E-state index in [0.717, 1.165) is 44.9 Å². The number of fused-ring (bicyclic) bond motifs is 1. The fourth-order valence-corrected chi connectivity index (χ4v) is 3.83. The van der Waals surface area contributed by atoms with Crippen LogP contribution in [0.4, 0.5) is 17.1 Å². The summed E-state index contributed by atoms with van der Waals surface area (Å²) < 4.78 is 0. The molecule has 1 N–H and O–H groups in total. The van der Waals surface area contributed by atoms with Gasteiger partial charge in [-0.3, -0.25) is 10.1 Å². The highest BCUT2D eigenvalue weighted by molar-refractivity contribution is 5.94. The quantitative estimate of drug-likeness (QED) is 0.227. The van der Waals surface area contributed by atoms with Gasteiger partial charge in [-0.05, 0) is 38.1 Å². The molecular weight excluding hydrogens is 424 g/mol. The predicted octanol–water partition coefficient (Wildman–Crippen LogP) is 7.23. The standard InChI is InChI=1S/C28H22N4O2/c1-18-6-10-20(11-7-18)26-27(21-12-8-19(2)9-13-21)31-28-24(4-3-5-25(28)30-26)29-22-14-16-23(17-15-22)32(33)34/h3-17,29H,1-2H3. The number of benzene rings is 4. The van der Waals surface area contributed by atoms with Crippen LogP contribution in [0.2, 0.25) is 0 Å². The number of para-hydroxylation sites is 1. The summed E-state index contributed by atoms with van der Waals surface area (Å²) in [7, 11) is 0. The maximum absolute atomic E-state index is 11.0. The average molecular weight is 447 g/mol. The Morgan fingerprint density at radius 3 is 1.82 bits per heavy atom. The van der Waals surface area contributed by atoms with E-state index in [1.54, 1.807) is 12.1 Å². The number of nitrogens with zero attached hydrogens (tertiary/aromatic N) is 3. The minimum Gasteiger partial charge on any atom is -0.354 e. The van der Waals surface area contributed by atoms with Gasteiger partial charge in [-0.2, -0.15) is 0 Å². The average Bonchev–Trinajstić information content (AvgIpc) is 2.85. The highest BCUT2D eigenvalue weighted by atomic mass is 16.6. The number of nitro benzene ring substituents is 1. The highest BCUT2D eigenvalue weighted by Gasteiger charge is 2.15. The van der Waals surface area contributed by atoms with Gasteiger partial charge in [-0.15, -0.1) is 0 Å². The first-order chi connectivity index (χ1) is 16.5. The van der Waals surface area contributed by atoms with Gasteiger partial charge >= 0.3 is 0 Å². The van der Waals surface area contributed by atoms with Gasteiger partial charge in [0, 0.05) is 28.9 Å². The zero-order valence-electron chi connectivity index (χ0n) is 18.8. The second kappa shape index (κ2) is 8.75. The van der Waals surface area contributed by atoms with Crippen molar-refractivity contribution in [2.24, 2.45) is 0 Å². The van der Waals surface area contributed by atoms with Crippen molar-refractivity contribution in [1.82, 2.24) is 9.97 Å². The Morgan fingerprint density at radius 1 is 0.706 bits per heavy atom. The molecule has 0 atom stereocenters. The van der Waals surface area contributed by atoms with E-state index >= 15 is 0 Å². The van der Waals surface area contributed by atoms with Gasteiger partial charge in [-0.1, -0.05) is 65.7 Å². The van der Waals surface area contributed by atoms with Crippen molar-refractivity contribution in [3.05, 3.63) is 112 Å². The molecule has 0 aliphatic carbocycles. The van der Waals surface area contributed by atoms with Crippen LogP contribution in [0.5, 0.6) is 0 Å². The molecule has 0 unspecified atom stereocenters. The Bertz CT molecular complexity index is 1490. The fourth-order valence-electron chi connectivity index (χ4n) is 3.83. The number of hydrogen-bond donors (Lipinski definition) is 1. The molecule has 0 amide bonds. The van der Waals surface area contributed by atoms with Gasteiger partial charge in [0.15, 0.2) is 0 Å². The van der Waals surface area contributed by atoms with Crippen molar-refractivity contribution in [1.29, 1.82) is 0 Å². The van der Waals surface area contributed by atoms with E-state index in [2.05, 4.69) is 67.7 Å². The Morgan fingerprint density at radius 2 is 1.26 bits per heavy atom. The van der Waals surface area contributed by atoms with Crippen molar-refractivity contribution in [3.8, 4) is 22.5 Å². The first-order valence-electron chi connectivity index (χ1n) is 10.9. The summed E-state index contributed by atoms with van der Waals surface area (Å²) in [5.41, 5.74) is 9.03. The number of nitrogens with one attached hydrogen (secondary N) is 1. The monoisotopic (exact) mass is 446 g/mol. The molecule has 0 bridgehead atoms. The second-order valence-electron chi connectivity index (χ2n) is 8.26. The molecular formula is C28H22N4O2. The van der Waals surface area contributed by atoms with Gasteiger partial charge in [-0.25, -0.2) is 9.97 Å². The molecule has 6 heteroatoms. The number of aromatic nitrogens is 2. The number of aryl methyl sites for hydroxylation is 2. The number of nitro groups is 1. The largest absolute Gasteiger partial charge is 0.354 e. The third-order valence-corrected chi connectivity index (χ3v) is 5.70. The Labute approximate surface area is 197 Å². The maximum Gasteiger partial charge on any atom is 0.269 e. The van der Waals surface area contributed by atoms with E-state index in [1.165, 1.54) is 23.3 Å². The van der Waals surface area contributed by atoms with Crippen LogP contribution in [-0.2, 0) is 0 Å². The van der Waals surface area contributed by atoms with E-state index < -0.39 is 4.92 Å². The number of anilines is 2. The van der Waals surface area contributed by atoms with Crippen molar-refractivity contribution in [3.63, 3.8) is 0 Å². The molecule has 6 nitrogen and oxygen atoms in total. The molecule has 0 saturated heterocycles. The second-order valence-corrected chi connectivity index (χ2v) is 8.26. The molecule has 34 heavy (non-hydrogen) atoms. The van der Waals surface area contributed by atoms with E-state index in [1.807, 2.05) is 18.2 Å². The van der Waals surface area contributed by atoms with Gasteiger partial charge in [0.05, 0.1) is 27.5 Å². The Hall–Kier alpha value is -4.58. The molecule has 5 rings (SSSR count). The van der Waals surface area contributed by atoms with Crippen LogP contribution in [0.3, 0.4) is 0 Å². The van der Waals surface area contributed by atoms with Crippen molar-refractivity contribution < 1.29 is 4.92 Å². The van der Waals surface area contributed by atoms with Crippen molar-refractivity contribution >= 4 is 28.1 Å². The predicted molar refractivity (Wildman–Crippen MR) is 136 cm³/mol. The third kappa shape index (κ3) is 4.21. The maximum atomic E-state index is 11.0. The van der Waals surface area contributed by atoms with Crippen molar-refractivity contribution in [2.75, 3.05) is 5.32 Å². The first kappa shape index (κ1) is 21.3. The van der Waals surface area contributed by atoms with Crippen LogP contribution in [0.1, 0.15) is 11.1 Å². The van der Waals surface area contributed by atoms with E-state index in [9.17, 15) is 10.1 Å². The normalized spacial score (nSPS) is 10.9. The molecule has 5 aromatic rings. The number of hydrogen-bond acceptors (Lipinski definition) is 5. The smallest absolute Gasteiger partial charge is 0.269 e. The molecule has 0 radical (unpaired) electrons. The van der Waals surface area contributed by atoms with Gasteiger partial charge in [0.25, 0.3) is 5.69 Å². The lowest BCUT2D eigenvalue weighted by Gasteiger charge is -2.14. The lowest BCUT2D eigenvalue weighted by Crippen LogP contribution is -1.99. The minimum atomic E-state index is -0.409. The van der Waals surface area contributed by atoms with E-state index in [0.29, 0.717) is 0 Å². The van der Waals surface area contributed by atoms with Crippen LogP contribution < -0.4 is 5.32 Å². The first-order valence-corrected chi connectivity index (χ1v) is 10.9. The zero-order chi connectivity index (χ0) is 23.7. The Balaban J connectivity index is 1.66. The van der Waals surface area contributed by atoms with Crippen LogP contribution in [0, 0.1) is 24.0 Å². The highest BCUT2D eigenvalue weighted by Crippen LogP contribution is 2.34. The summed E-state index contributed by atoms with van der Waals surface area (Å²) in [5, 5.41) is 14.3. The van der Waals surface area contributed by atoms with Crippen molar-refractivity contribution in [2.45, 2.75) is 13.8 Å². The summed E-state index contributed by atoms with van der Waals surface area (Å²) in [6.45, 7) is 4.12. The molecule has 0 aliphatic heterocycles. The molecule has 0 fully saturated rings. The molecule has 166 valence electrons. The van der Waals surface area contributed by atoms with Crippen LogP contribution in [0.25, 0.3) is 33.5 Å². The van der Waals surface area contributed by atoms with Crippen LogP contribution in [-0.4, -0.2) is 14.9 Å². The van der Waals surface area contributed by atoms with Crippen LogP contribution in [0.15, 0.2) is 91.0 Å². The molecule has 0 saturated carbocycles. The molecule has 1 aromatic heterocycles. The van der Waals surface area contributed by atoms with E-state index in [-0.39, 0.29) is 5.69 Å². The summed E-state index contributed by atoms with van der Waals surface area (Å²) in [6, 6.07) is 28.7. The molecule has 0 spiro atoms. The Kier molecular flexibility index (Phi) is 5.47. The summed E-state index contributed by atoms with van der Waals surface area (Å²) >= 11 is 0. The summed E-state index contributed by atoms with van der Waals surface area (Å²) in [5.74, 6) is 0. The fraction of sp³-hybridized carbons (Fsp3) is 0.0714. The topological polar surface area (TPSA) is 81.0 Å². The van der Waals surface area contributed by atoms with Gasteiger partial charge in [0.2, 0.25) is 0 Å². The lowest BCUT2D eigenvalue weighted by atomic mass is 10.0. The van der Waals surface area contributed by atoms with Crippen LogP contribution >= 0.6 is 0 Å².